The van der Waals surface area contributed by atoms with Crippen LogP contribution in [-0.4, -0.2) is 37.0 Å². The maximum atomic E-state index is 2.55. The Bertz CT molecular complexity index is 191. The van der Waals surface area contributed by atoms with Crippen LogP contribution in [0, 0.1) is 0 Å². The molecule has 2 heteroatoms. The molecule has 0 aliphatic carbocycles. The Morgan fingerprint density at radius 2 is 0.750 bits per heavy atom. The predicted octanol–water partition coefficient (Wildman–Crippen LogP) is 6.86. The Morgan fingerprint density at radius 3 is 0.950 bits per heavy atom. The molecular weight excluding hydrogens is 278 g/mol. The van der Waals surface area contributed by atoms with Gasteiger partial charge >= 0.3 is 131 Å². The molecule has 0 radical (unpaired) electrons. The molecule has 0 saturated carbocycles. The van der Waals surface area contributed by atoms with Crippen molar-refractivity contribution in [3.05, 3.63) is 0 Å². The van der Waals surface area contributed by atoms with Crippen molar-refractivity contribution in [3.63, 3.8) is 0 Å². The summed E-state index contributed by atoms with van der Waals surface area (Å²) in [7, 11) is 0. The summed E-state index contributed by atoms with van der Waals surface area (Å²) >= 11 is 0. The number of hydrogen-bond donors (Lipinski definition) is 0. The van der Waals surface area contributed by atoms with E-state index in [1.807, 2.05) is 0 Å². The Labute approximate surface area is 131 Å². The third-order valence-electron chi connectivity index (χ3n) is 6.18. The zero-order chi connectivity index (χ0) is 15.5. The zero-order valence-electron chi connectivity index (χ0n) is 15.5. The van der Waals surface area contributed by atoms with E-state index in [9.17, 15) is 0 Å². The first-order valence-corrected chi connectivity index (χ1v) is 15.9. The van der Waals surface area contributed by atoms with E-state index in [0.29, 0.717) is 0 Å². The Balaban J connectivity index is 5.38. The van der Waals surface area contributed by atoms with E-state index in [-0.39, 0.29) is 0 Å². The van der Waals surface area contributed by atoms with Gasteiger partial charge in [0.1, 0.15) is 0 Å². The molecule has 0 aliphatic rings. The van der Waals surface area contributed by atoms with E-state index in [2.05, 4.69) is 41.5 Å². The fraction of sp³-hybridized carbons (Fsp3) is 1.00. The average Bonchev–Trinajstić information content (AvgIpc) is 2.50. The van der Waals surface area contributed by atoms with E-state index in [0.717, 1.165) is 0 Å². The molecule has 0 aliphatic heterocycles. The molecule has 126 valence electrons. The molecule has 0 nitrogen and oxygen atoms in total. The molecule has 0 atom stereocenters. The summed E-state index contributed by atoms with van der Waals surface area (Å²) < 4.78 is 0. The Morgan fingerprint density at radius 1 is 0.450 bits per heavy atom. The summed E-state index contributed by atoms with van der Waals surface area (Å²) in [5.74, 6) is 0. The molecule has 0 rings (SSSR count). The molecule has 0 aromatic heterocycles. The van der Waals surface area contributed by atoms with Gasteiger partial charge in [0, 0.05) is 0 Å². The second-order valence-corrected chi connectivity index (χ2v) is 22.0. The third-order valence-corrected chi connectivity index (χ3v) is 28.6. The predicted molar refractivity (Wildman–Crippen MR) is 108 cm³/mol. The van der Waals surface area contributed by atoms with Crippen LogP contribution >= 0.6 is 13.9 Å². The molecule has 0 unspecified atom stereocenters. The van der Waals surface area contributed by atoms with E-state index in [1.54, 1.807) is 37.0 Å². The summed E-state index contributed by atoms with van der Waals surface area (Å²) in [6, 6.07) is 0. The van der Waals surface area contributed by atoms with E-state index >= 15 is 0 Å². The normalized spacial score (nSPS) is 14.5. The first-order valence-electron chi connectivity index (χ1n) is 9.61. The summed E-state index contributed by atoms with van der Waals surface area (Å²) in [4.78, 5) is 0. The van der Waals surface area contributed by atoms with E-state index in [1.165, 1.54) is 38.5 Å². The van der Waals surface area contributed by atoms with Crippen LogP contribution in [0.1, 0.15) is 80.1 Å². The SMILES string of the molecule is CCCC[PH](CCCC)(CCCC)[PH](CC)(CC)CC. The van der Waals surface area contributed by atoms with Crippen molar-refractivity contribution in [2.24, 2.45) is 0 Å². The van der Waals surface area contributed by atoms with Crippen LogP contribution < -0.4 is 0 Å². The summed E-state index contributed by atoms with van der Waals surface area (Å²) in [5.41, 5.74) is 0. The second-order valence-electron chi connectivity index (χ2n) is 6.93. The standard InChI is InChI=1S/C18H44P2/c1-7-13-16-20(17-14-8-2,18-15-9-3)19(10-4,11-5)12-6/h19-20H,7-18H2,1-6H3. The van der Waals surface area contributed by atoms with Crippen molar-refractivity contribution in [1.82, 2.24) is 0 Å². The fourth-order valence-corrected chi connectivity index (χ4v) is 26.9. The monoisotopic (exact) mass is 322 g/mol. The van der Waals surface area contributed by atoms with Gasteiger partial charge in [-0.2, -0.15) is 0 Å². The van der Waals surface area contributed by atoms with E-state index < -0.39 is 13.9 Å². The molecule has 0 spiro atoms. The van der Waals surface area contributed by atoms with Gasteiger partial charge in [0.05, 0.1) is 0 Å². The van der Waals surface area contributed by atoms with Gasteiger partial charge in [0.2, 0.25) is 0 Å². The minimum atomic E-state index is -0.999. The van der Waals surface area contributed by atoms with Crippen molar-refractivity contribution in [2.75, 3.05) is 37.0 Å². The molecule has 0 fully saturated rings. The Kier molecular flexibility index (Phi) is 11.9. The Hall–Kier alpha value is 0.860. The van der Waals surface area contributed by atoms with Crippen LogP contribution in [0.25, 0.3) is 0 Å². The van der Waals surface area contributed by atoms with Crippen LogP contribution in [0.3, 0.4) is 0 Å². The molecule has 0 heterocycles. The fourth-order valence-electron chi connectivity index (χ4n) is 4.59. The van der Waals surface area contributed by atoms with Crippen molar-refractivity contribution in [2.45, 2.75) is 80.1 Å². The molecule has 0 saturated heterocycles. The summed E-state index contributed by atoms with van der Waals surface area (Å²) in [5, 5.41) is 0. The number of unbranched alkanes of at least 4 members (excludes halogenated alkanes) is 3. The molecule has 0 aromatic rings. The first-order chi connectivity index (χ1) is 9.61. The number of rotatable bonds is 13. The molecule has 0 amide bonds. The van der Waals surface area contributed by atoms with Crippen molar-refractivity contribution < 1.29 is 0 Å². The molecule has 0 N–H and O–H groups in total. The summed E-state index contributed by atoms with van der Waals surface area (Å²) in [6.07, 6.45) is 18.5. The van der Waals surface area contributed by atoms with Crippen molar-refractivity contribution >= 4 is 13.9 Å². The topological polar surface area (TPSA) is 0 Å². The number of hydrogen-bond acceptors (Lipinski definition) is 0. The molecule has 20 heavy (non-hydrogen) atoms. The summed E-state index contributed by atoms with van der Waals surface area (Å²) in [6.45, 7) is 12.9. The van der Waals surface area contributed by atoms with Crippen LogP contribution in [0.5, 0.6) is 0 Å². The second kappa shape index (κ2) is 11.4. The van der Waals surface area contributed by atoms with Crippen LogP contribution in [-0.2, 0) is 0 Å². The van der Waals surface area contributed by atoms with Gasteiger partial charge in [-0.3, -0.25) is 0 Å². The van der Waals surface area contributed by atoms with Crippen molar-refractivity contribution in [1.29, 1.82) is 0 Å². The minimum absolute atomic E-state index is 0.970. The molecule has 0 bridgehead atoms. The third kappa shape index (κ3) is 5.25. The molecule has 0 aromatic carbocycles. The first kappa shape index (κ1) is 20.9. The van der Waals surface area contributed by atoms with Gasteiger partial charge in [-0.15, -0.1) is 0 Å². The van der Waals surface area contributed by atoms with Gasteiger partial charge in [0.15, 0.2) is 0 Å². The van der Waals surface area contributed by atoms with Crippen LogP contribution in [0.15, 0.2) is 0 Å². The van der Waals surface area contributed by atoms with Gasteiger partial charge < -0.3 is 0 Å². The van der Waals surface area contributed by atoms with Crippen LogP contribution in [0.2, 0.25) is 0 Å². The average molecular weight is 322 g/mol. The van der Waals surface area contributed by atoms with Gasteiger partial charge in [0.25, 0.3) is 0 Å². The van der Waals surface area contributed by atoms with E-state index in [4.69, 9.17) is 0 Å². The maximum absolute atomic E-state index is 2.55. The van der Waals surface area contributed by atoms with Gasteiger partial charge in [-0.25, -0.2) is 0 Å². The van der Waals surface area contributed by atoms with Gasteiger partial charge in [-0.1, -0.05) is 0 Å². The van der Waals surface area contributed by atoms with Crippen molar-refractivity contribution in [3.8, 4) is 0 Å². The van der Waals surface area contributed by atoms with Crippen LogP contribution in [0.4, 0.5) is 0 Å². The van der Waals surface area contributed by atoms with Gasteiger partial charge in [-0.05, 0) is 0 Å². The zero-order valence-corrected chi connectivity index (χ0v) is 17.5. The quantitative estimate of drug-likeness (QED) is 0.325. The molecular formula is C18H44P2.